The van der Waals surface area contributed by atoms with E-state index >= 15 is 0 Å². The monoisotopic (exact) mass is 482 g/mol. The van der Waals surface area contributed by atoms with Gasteiger partial charge in [0.05, 0.1) is 11.8 Å². The molecule has 14 heteroatoms. The van der Waals surface area contributed by atoms with Gasteiger partial charge in [-0.1, -0.05) is 18.3 Å². The SMILES string of the molecule is CCc1c(CC(F)(F)F)sc2ncnc(N3CCN(c4nnc(C(F)(F)F)s4)CC3)c12. The number of aryl methyl sites for hydroxylation is 1. The predicted octanol–water partition coefficient (Wildman–Crippen LogP) is 4.56. The Balaban J connectivity index is 1.57. The van der Waals surface area contributed by atoms with Crippen LogP contribution >= 0.6 is 22.7 Å². The summed E-state index contributed by atoms with van der Waals surface area (Å²) in [5.74, 6) is 0.555. The number of halogens is 6. The summed E-state index contributed by atoms with van der Waals surface area (Å²) < 4.78 is 77.3. The summed E-state index contributed by atoms with van der Waals surface area (Å²) in [6, 6.07) is 0. The Morgan fingerprint density at radius 2 is 1.61 bits per heavy atom. The molecule has 1 aliphatic heterocycles. The average Bonchev–Trinajstić information content (AvgIpc) is 3.31. The summed E-state index contributed by atoms with van der Waals surface area (Å²) >= 11 is 1.51. The van der Waals surface area contributed by atoms with Crippen LogP contribution in [0.25, 0.3) is 10.2 Å². The molecule has 0 spiro atoms. The van der Waals surface area contributed by atoms with E-state index in [2.05, 4.69) is 20.2 Å². The van der Waals surface area contributed by atoms with Crippen molar-refractivity contribution in [3.05, 3.63) is 21.8 Å². The fraction of sp³-hybridized carbons (Fsp3) is 0.529. The van der Waals surface area contributed by atoms with Crippen LogP contribution in [0.5, 0.6) is 0 Å². The van der Waals surface area contributed by atoms with Gasteiger partial charge in [-0.3, -0.25) is 0 Å². The van der Waals surface area contributed by atoms with E-state index in [0.29, 0.717) is 65.5 Å². The molecule has 0 saturated carbocycles. The molecular weight excluding hydrogens is 466 g/mol. The Bertz CT molecular complexity index is 1070. The minimum Gasteiger partial charge on any atom is -0.352 e. The molecule has 1 aliphatic rings. The molecule has 3 aromatic heterocycles. The molecule has 1 fully saturated rings. The number of alkyl halides is 6. The summed E-state index contributed by atoms with van der Waals surface area (Å²) in [5, 5.41) is 6.68. The Morgan fingerprint density at radius 3 is 2.19 bits per heavy atom. The smallest absolute Gasteiger partial charge is 0.352 e. The van der Waals surface area contributed by atoms with E-state index in [1.807, 2.05) is 4.90 Å². The normalized spacial score (nSPS) is 15.8. The molecule has 0 aliphatic carbocycles. The van der Waals surface area contributed by atoms with Gasteiger partial charge in [0.15, 0.2) is 0 Å². The topological polar surface area (TPSA) is 58.0 Å². The van der Waals surface area contributed by atoms with Gasteiger partial charge in [0.25, 0.3) is 0 Å². The van der Waals surface area contributed by atoms with Crippen molar-refractivity contribution in [3.63, 3.8) is 0 Å². The Hall–Kier alpha value is -2.22. The van der Waals surface area contributed by atoms with Crippen molar-refractivity contribution >= 4 is 43.8 Å². The first-order valence-electron chi connectivity index (χ1n) is 9.29. The van der Waals surface area contributed by atoms with Crippen LogP contribution in [0.2, 0.25) is 0 Å². The molecule has 0 atom stereocenters. The first-order chi connectivity index (χ1) is 14.6. The zero-order chi connectivity index (χ0) is 22.4. The molecule has 0 radical (unpaired) electrons. The number of fused-ring (bicyclic) bond motifs is 1. The number of thiophene rings is 1. The molecule has 6 nitrogen and oxygen atoms in total. The van der Waals surface area contributed by atoms with Gasteiger partial charge in [-0.15, -0.1) is 21.5 Å². The van der Waals surface area contributed by atoms with Gasteiger partial charge >= 0.3 is 12.4 Å². The van der Waals surface area contributed by atoms with E-state index in [9.17, 15) is 26.3 Å². The Kier molecular flexibility index (Phi) is 5.70. The van der Waals surface area contributed by atoms with E-state index < -0.39 is 23.8 Å². The molecule has 4 heterocycles. The molecular formula is C17H16F6N6S2. The number of hydrogen-bond donors (Lipinski definition) is 0. The van der Waals surface area contributed by atoms with Gasteiger partial charge in [0, 0.05) is 31.1 Å². The van der Waals surface area contributed by atoms with Crippen LogP contribution in [0.15, 0.2) is 6.33 Å². The first-order valence-corrected chi connectivity index (χ1v) is 10.9. The van der Waals surface area contributed by atoms with Gasteiger partial charge < -0.3 is 9.80 Å². The number of nitrogens with zero attached hydrogens (tertiary/aromatic N) is 6. The molecule has 0 amide bonds. The minimum atomic E-state index is -4.53. The fourth-order valence-corrected chi connectivity index (χ4v) is 5.54. The summed E-state index contributed by atoms with van der Waals surface area (Å²) in [6.45, 7) is 3.43. The highest BCUT2D eigenvalue weighted by Gasteiger charge is 2.37. The second-order valence-corrected chi connectivity index (χ2v) is 8.93. The van der Waals surface area contributed by atoms with Crippen LogP contribution in [-0.4, -0.2) is 52.5 Å². The summed E-state index contributed by atoms with van der Waals surface area (Å²) in [7, 11) is 0. The van der Waals surface area contributed by atoms with Crippen molar-refractivity contribution in [2.45, 2.75) is 32.1 Å². The molecule has 4 rings (SSSR count). The molecule has 1 saturated heterocycles. The first kappa shape index (κ1) is 22.0. The van der Waals surface area contributed by atoms with Crippen LogP contribution in [-0.2, 0) is 19.0 Å². The maximum atomic E-state index is 13.0. The van der Waals surface area contributed by atoms with Crippen molar-refractivity contribution in [2.75, 3.05) is 36.0 Å². The molecule has 168 valence electrons. The number of anilines is 2. The minimum absolute atomic E-state index is 0.192. The van der Waals surface area contributed by atoms with E-state index in [4.69, 9.17) is 0 Å². The summed E-state index contributed by atoms with van der Waals surface area (Å²) in [4.78, 5) is 12.9. The van der Waals surface area contributed by atoms with Crippen LogP contribution in [0, 0.1) is 0 Å². The third-order valence-electron chi connectivity index (χ3n) is 4.87. The quantitative estimate of drug-likeness (QED) is 0.509. The molecule has 0 N–H and O–H groups in total. The number of piperazine rings is 1. The maximum Gasteiger partial charge on any atom is 0.445 e. The number of hydrogen-bond acceptors (Lipinski definition) is 8. The van der Waals surface area contributed by atoms with E-state index in [1.54, 1.807) is 11.8 Å². The predicted molar refractivity (Wildman–Crippen MR) is 106 cm³/mol. The summed E-state index contributed by atoms with van der Waals surface area (Å²) in [5.41, 5.74) is 0.592. The van der Waals surface area contributed by atoms with Crippen LogP contribution < -0.4 is 9.80 Å². The largest absolute Gasteiger partial charge is 0.445 e. The third-order valence-corrected chi connectivity index (χ3v) is 7.04. The molecule has 3 aromatic rings. The van der Waals surface area contributed by atoms with Gasteiger partial charge in [0.1, 0.15) is 17.0 Å². The lowest BCUT2D eigenvalue weighted by molar-refractivity contribution is -0.138. The third kappa shape index (κ3) is 4.54. The number of aromatic nitrogens is 4. The van der Waals surface area contributed by atoms with E-state index in [-0.39, 0.29) is 10.0 Å². The number of rotatable bonds is 4. The summed E-state index contributed by atoms with van der Waals surface area (Å²) in [6.07, 6.45) is -8.12. The van der Waals surface area contributed by atoms with Crippen molar-refractivity contribution in [1.29, 1.82) is 0 Å². The van der Waals surface area contributed by atoms with E-state index in [1.165, 1.54) is 6.33 Å². The lowest BCUT2D eigenvalue weighted by atomic mass is 10.1. The van der Waals surface area contributed by atoms with E-state index in [0.717, 1.165) is 11.3 Å². The molecule has 0 bridgehead atoms. The van der Waals surface area contributed by atoms with Gasteiger partial charge in [-0.2, -0.15) is 26.3 Å². The van der Waals surface area contributed by atoms with Crippen molar-refractivity contribution in [3.8, 4) is 0 Å². The second-order valence-electron chi connectivity index (χ2n) is 6.89. The average molecular weight is 482 g/mol. The van der Waals surface area contributed by atoms with Crippen molar-refractivity contribution in [1.82, 2.24) is 20.2 Å². The highest BCUT2D eigenvalue weighted by Crippen LogP contribution is 2.39. The van der Waals surface area contributed by atoms with Gasteiger partial charge in [0.2, 0.25) is 10.1 Å². The zero-order valence-corrected chi connectivity index (χ0v) is 17.7. The highest BCUT2D eigenvalue weighted by atomic mass is 32.1. The zero-order valence-electron chi connectivity index (χ0n) is 16.1. The van der Waals surface area contributed by atoms with Crippen molar-refractivity contribution < 1.29 is 26.3 Å². The highest BCUT2D eigenvalue weighted by molar-refractivity contribution is 7.19. The molecule has 0 unspecified atom stereocenters. The Labute approximate surface area is 180 Å². The lowest BCUT2D eigenvalue weighted by Crippen LogP contribution is -2.47. The standard InChI is InChI=1S/C17H16F6N6S2/c1-2-9-10(7-16(18,19)20)30-13-11(9)12(24-8-25-13)28-3-5-29(6-4-28)15-27-26-14(31-15)17(21,22)23/h8H,2-7H2,1H3. The fourth-order valence-electron chi connectivity index (χ4n) is 3.53. The van der Waals surface area contributed by atoms with Crippen LogP contribution in [0.4, 0.5) is 37.3 Å². The second kappa shape index (κ2) is 8.04. The van der Waals surface area contributed by atoms with Crippen molar-refractivity contribution in [2.24, 2.45) is 0 Å². The van der Waals surface area contributed by atoms with Crippen LogP contribution in [0.1, 0.15) is 22.4 Å². The van der Waals surface area contributed by atoms with Crippen LogP contribution in [0.3, 0.4) is 0 Å². The Morgan fingerprint density at radius 1 is 0.935 bits per heavy atom. The molecule has 0 aromatic carbocycles. The van der Waals surface area contributed by atoms with Gasteiger partial charge in [-0.25, -0.2) is 9.97 Å². The maximum absolute atomic E-state index is 13.0. The molecule has 31 heavy (non-hydrogen) atoms. The van der Waals surface area contributed by atoms with Gasteiger partial charge in [-0.05, 0) is 12.0 Å². The lowest BCUT2D eigenvalue weighted by Gasteiger charge is -2.35.